The number of nitrogens with two attached hydrogens (primary N) is 1. The fourth-order valence-electron chi connectivity index (χ4n) is 1.68. The number of hydrogen-bond donors (Lipinski definition) is 1. The number of alkyl halides is 3. The summed E-state index contributed by atoms with van der Waals surface area (Å²) in [6.45, 7) is 0.482. The van der Waals surface area contributed by atoms with Crippen molar-refractivity contribution in [1.29, 1.82) is 0 Å². The van der Waals surface area contributed by atoms with E-state index >= 15 is 0 Å². The molecule has 0 unspecified atom stereocenters. The summed E-state index contributed by atoms with van der Waals surface area (Å²) >= 11 is 0. The quantitative estimate of drug-likeness (QED) is 0.649. The lowest BCUT2D eigenvalue weighted by molar-refractivity contribution is -0.138. The van der Waals surface area contributed by atoms with Gasteiger partial charge in [-0.3, -0.25) is 0 Å². The highest BCUT2D eigenvalue weighted by Gasteiger charge is 2.25. The zero-order chi connectivity index (χ0) is 15.7. The van der Waals surface area contributed by atoms with Gasteiger partial charge in [-0.2, -0.15) is 13.2 Å². The van der Waals surface area contributed by atoms with Gasteiger partial charge in [-0.05, 0) is 24.6 Å². The predicted octanol–water partition coefficient (Wildman–Crippen LogP) is 2.86. The van der Waals surface area contributed by atoms with Crippen molar-refractivity contribution in [2.45, 2.75) is 25.6 Å². The minimum Gasteiger partial charge on any atom is -0.496 e. The van der Waals surface area contributed by atoms with Gasteiger partial charge in [-0.15, -0.1) is 0 Å². The number of hydrogen-bond acceptors (Lipinski definition) is 3. The van der Waals surface area contributed by atoms with Crippen LogP contribution in [0.25, 0.3) is 0 Å². The first-order chi connectivity index (χ1) is 9.96. The number of methoxy groups -OCH3 is 1. The first-order valence-corrected chi connectivity index (χ1v) is 6.46. The Balaban J connectivity index is 2.56. The summed E-state index contributed by atoms with van der Waals surface area (Å²) in [6, 6.07) is 5.31. The summed E-state index contributed by atoms with van der Waals surface area (Å²) < 4.78 is 46.4. The topological polar surface area (TPSA) is 44.5 Å². The molecule has 1 rings (SSSR count). The molecule has 21 heavy (non-hydrogen) atoms. The van der Waals surface area contributed by atoms with Gasteiger partial charge >= 0.3 is 6.18 Å². The SMILES string of the molecule is COc1ccc(C#CCN)cc1COCCCC(F)(F)F. The molecule has 3 nitrogen and oxygen atoms in total. The van der Waals surface area contributed by atoms with Gasteiger partial charge in [0.1, 0.15) is 5.75 Å². The van der Waals surface area contributed by atoms with E-state index < -0.39 is 12.6 Å². The van der Waals surface area contributed by atoms with E-state index in [0.29, 0.717) is 5.75 Å². The number of benzene rings is 1. The van der Waals surface area contributed by atoms with Gasteiger partial charge in [0, 0.05) is 24.2 Å². The van der Waals surface area contributed by atoms with E-state index in [4.69, 9.17) is 15.2 Å². The summed E-state index contributed by atoms with van der Waals surface area (Å²) in [5, 5.41) is 0. The second-order valence-corrected chi connectivity index (χ2v) is 4.30. The van der Waals surface area contributed by atoms with Crippen molar-refractivity contribution < 1.29 is 22.6 Å². The Morgan fingerprint density at radius 1 is 1.29 bits per heavy atom. The Hall–Kier alpha value is -1.71. The highest BCUT2D eigenvalue weighted by atomic mass is 19.4. The molecule has 0 saturated carbocycles. The molecule has 0 atom stereocenters. The smallest absolute Gasteiger partial charge is 0.389 e. The summed E-state index contributed by atoms with van der Waals surface area (Å²) in [7, 11) is 1.52. The Morgan fingerprint density at radius 2 is 2.05 bits per heavy atom. The van der Waals surface area contributed by atoms with Crippen molar-refractivity contribution in [3.63, 3.8) is 0 Å². The Labute approximate surface area is 122 Å². The average molecular weight is 301 g/mol. The van der Waals surface area contributed by atoms with Crippen LogP contribution < -0.4 is 10.5 Å². The van der Waals surface area contributed by atoms with Crippen LogP contribution in [-0.2, 0) is 11.3 Å². The van der Waals surface area contributed by atoms with Crippen LogP contribution in [0, 0.1) is 11.8 Å². The average Bonchev–Trinajstić information content (AvgIpc) is 2.43. The molecule has 0 bridgehead atoms. The van der Waals surface area contributed by atoms with Gasteiger partial charge < -0.3 is 15.2 Å². The van der Waals surface area contributed by atoms with Crippen molar-refractivity contribution >= 4 is 0 Å². The van der Waals surface area contributed by atoms with E-state index in [1.54, 1.807) is 18.2 Å². The maximum Gasteiger partial charge on any atom is 0.389 e. The molecule has 0 aliphatic rings. The fourth-order valence-corrected chi connectivity index (χ4v) is 1.68. The van der Waals surface area contributed by atoms with E-state index in [1.807, 2.05) is 0 Å². The van der Waals surface area contributed by atoms with E-state index in [2.05, 4.69) is 11.8 Å². The number of ether oxygens (including phenoxy) is 2. The van der Waals surface area contributed by atoms with Crippen LogP contribution in [0.3, 0.4) is 0 Å². The third-order valence-corrected chi connectivity index (χ3v) is 2.62. The molecule has 0 aliphatic heterocycles. The molecule has 0 heterocycles. The van der Waals surface area contributed by atoms with Crippen LogP contribution in [0.5, 0.6) is 5.75 Å². The summed E-state index contributed by atoms with van der Waals surface area (Å²) in [5.41, 5.74) is 6.81. The molecular weight excluding hydrogens is 283 g/mol. The molecule has 1 aromatic carbocycles. The monoisotopic (exact) mass is 301 g/mol. The molecule has 116 valence electrons. The molecular formula is C15H18F3NO2. The van der Waals surface area contributed by atoms with E-state index in [0.717, 1.165) is 11.1 Å². The minimum atomic E-state index is -4.14. The summed E-state index contributed by atoms with van der Waals surface area (Å²) in [5.74, 6) is 6.23. The fraction of sp³-hybridized carbons (Fsp3) is 0.467. The van der Waals surface area contributed by atoms with Crippen molar-refractivity contribution in [2.75, 3.05) is 20.3 Å². The van der Waals surface area contributed by atoms with Gasteiger partial charge in [-0.25, -0.2) is 0 Å². The number of halogens is 3. The Bertz CT molecular complexity index is 504. The highest BCUT2D eigenvalue weighted by Crippen LogP contribution is 2.23. The molecule has 0 aromatic heterocycles. The van der Waals surface area contributed by atoms with Crippen LogP contribution >= 0.6 is 0 Å². The van der Waals surface area contributed by atoms with Gasteiger partial charge in [0.25, 0.3) is 0 Å². The lowest BCUT2D eigenvalue weighted by Crippen LogP contribution is -2.09. The zero-order valence-electron chi connectivity index (χ0n) is 11.8. The zero-order valence-corrected chi connectivity index (χ0v) is 11.8. The van der Waals surface area contributed by atoms with E-state index in [1.165, 1.54) is 7.11 Å². The Kier molecular flexibility index (Phi) is 7.06. The van der Waals surface area contributed by atoms with Crippen LogP contribution in [0.2, 0.25) is 0 Å². The molecule has 0 spiro atoms. The predicted molar refractivity (Wildman–Crippen MR) is 73.9 cm³/mol. The molecule has 6 heteroatoms. The van der Waals surface area contributed by atoms with Gasteiger partial charge in [-0.1, -0.05) is 11.8 Å². The Morgan fingerprint density at radius 3 is 2.67 bits per heavy atom. The minimum absolute atomic E-state index is 0.0430. The number of rotatable bonds is 6. The van der Waals surface area contributed by atoms with Crippen LogP contribution in [-0.4, -0.2) is 26.4 Å². The molecule has 0 amide bonds. The summed E-state index contributed by atoms with van der Waals surface area (Å²) in [6.07, 6.45) is -5.04. The third kappa shape index (κ3) is 7.02. The highest BCUT2D eigenvalue weighted by molar-refractivity contribution is 5.44. The van der Waals surface area contributed by atoms with Crippen molar-refractivity contribution in [3.05, 3.63) is 29.3 Å². The maximum absolute atomic E-state index is 12.0. The summed E-state index contributed by atoms with van der Waals surface area (Å²) in [4.78, 5) is 0. The first kappa shape index (κ1) is 17.3. The molecule has 0 aliphatic carbocycles. The normalized spacial score (nSPS) is 10.9. The van der Waals surface area contributed by atoms with Crippen LogP contribution in [0.4, 0.5) is 13.2 Å². The molecule has 1 aromatic rings. The molecule has 2 N–H and O–H groups in total. The second-order valence-electron chi connectivity index (χ2n) is 4.30. The van der Waals surface area contributed by atoms with Crippen molar-refractivity contribution in [1.82, 2.24) is 0 Å². The standard InChI is InChI=1S/C15H18F3NO2/c1-20-14-6-5-12(4-2-8-19)10-13(14)11-21-9-3-7-15(16,17)18/h5-6,10H,3,7-9,11,19H2,1H3. The second kappa shape index (κ2) is 8.55. The van der Waals surface area contributed by atoms with Crippen LogP contribution in [0.15, 0.2) is 18.2 Å². The van der Waals surface area contributed by atoms with Crippen molar-refractivity contribution in [2.24, 2.45) is 5.73 Å². The van der Waals surface area contributed by atoms with Gasteiger partial charge in [0.2, 0.25) is 0 Å². The first-order valence-electron chi connectivity index (χ1n) is 6.46. The lowest BCUT2D eigenvalue weighted by atomic mass is 10.1. The molecule has 0 saturated heterocycles. The van der Waals surface area contributed by atoms with E-state index in [-0.39, 0.29) is 26.2 Å². The van der Waals surface area contributed by atoms with Gasteiger partial charge in [0.15, 0.2) is 0 Å². The largest absolute Gasteiger partial charge is 0.496 e. The van der Waals surface area contributed by atoms with Crippen molar-refractivity contribution in [3.8, 4) is 17.6 Å². The van der Waals surface area contributed by atoms with E-state index in [9.17, 15) is 13.2 Å². The lowest BCUT2D eigenvalue weighted by Gasteiger charge is -2.10. The van der Waals surface area contributed by atoms with Crippen LogP contribution in [0.1, 0.15) is 24.0 Å². The van der Waals surface area contributed by atoms with Gasteiger partial charge in [0.05, 0.1) is 20.3 Å². The maximum atomic E-state index is 12.0. The molecule has 0 radical (unpaired) electrons. The third-order valence-electron chi connectivity index (χ3n) is 2.62. The molecule has 0 fully saturated rings.